The van der Waals surface area contributed by atoms with Gasteiger partial charge in [-0.25, -0.2) is 0 Å². The Bertz CT molecular complexity index is 266. The lowest BCUT2D eigenvalue weighted by Gasteiger charge is -1.89. The highest BCUT2D eigenvalue weighted by Gasteiger charge is 1.91. The largest absolute Gasteiger partial charge is 0.269 e. The molecule has 1 aromatic rings. The van der Waals surface area contributed by atoms with Crippen LogP contribution >= 0.6 is 25.0 Å². The lowest BCUT2D eigenvalue weighted by atomic mass is 10.2. The minimum absolute atomic E-state index is 0. The summed E-state index contributed by atoms with van der Waals surface area (Å²) in [6.07, 6.45) is 0. The third kappa shape index (κ3) is 7.71. The van der Waals surface area contributed by atoms with Crippen LogP contribution in [0.15, 0.2) is 29.2 Å². The molecule has 0 aliphatic heterocycles. The number of nitrogens with zero attached hydrogens (tertiary/aromatic N) is 1. The fourth-order valence-electron chi connectivity index (χ4n) is 0.568. The maximum absolute atomic E-state index is 8.42. The van der Waals surface area contributed by atoms with Crippen LogP contribution in [0, 0.1) is 11.3 Å². The average molecular weight is 252 g/mol. The lowest BCUT2D eigenvalue weighted by molar-refractivity contribution is 1.11. The summed E-state index contributed by atoms with van der Waals surface area (Å²) in [5.41, 5.74) is 0.626. The number of rotatable bonds is 0. The summed E-state index contributed by atoms with van der Waals surface area (Å²) in [6.45, 7) is 0. The molecule has 0 N–H and O–H groups in total. The van der Waals surface area contributed by atoms with Crippen LogP contribution in [0.2, 0.25) is 0 Å². The normalized spacial score (nSPS) is 5.43. The first-order valence-electron chi connectivity index (χ1n) is 2.52. The standard InChI is InChI=1S/C7H5NS.ClH.4FH/c8-5-6-3-1-2-4-7(6)9;;;;;/h1-4,9H;5*1H. The topological polar surface area (TPSA) is 23.8 Å². The van der Waals surface area contributed by atoms with Gasteiger partial charge >= 0.3 is 0 Å². The van der Waals surface area contributed by atoms with Crippen molar-refractivity contribution in [2.45, 2.75) is 4.90 Å². The van der Waals surface area contributed by atoms with Crippen LogP contribution in [-0.2, 0) is 0 Å². The van der Waals surface area contributed by atoms with E-state index in [0.717, 1.165) is 4.90 Å². The molecule has 0 saturated carbocycles. The smallest absolute Gasteiger partial charge is 0.100 e. The van der Waals surface area contributed by atoms with Crippen molar-refractivity contribution in [2.24, 2.45) is 0 Å². The van der Waals surface area contributed by atoms with Crippen LogP contribution in [0.3, 0.4) is 0 Å². The van der Waals surface area contributed by atoms with E-state index in [1.807, 2.05) is 18.2 Å². The van der Waals surface area contributed by atoms with E-state index >= 15 is 0 Å². The Kier molecular flexibility index (Phi) is 30.5. The number of hydrogen-bond donors (Lipinski definition) is 1. The SMILES string of the molecule is Cl.F.F.F.F.N#Cc1ccccc1S. The van der Waals surface area contributed by atoms with Gasteiger partial charge < -0.3 is 0 Å². The summed E-state index contributed by atoms with van der Waals surface area (Å²) in [6, 6.07) is 9.22. The number of thiol groups is 1. The van der Waals surface area contributed by atoms with Gasteiger partial charge in [0.05, 0.1) is 5.56 Å². The van der Waals surface area contributed by atoms with Crippen molar-refractivity contribution >= 4 is 25.0 Å². The molecule has 0 aliphatic carbocycles. The molecule has 14 heavy (non-hydrogen) atoms. The van der Waals surface area contributed by atoms with Crippen molar-refractivity contribution < 1.29 is 18.8 Å². The monoisotopic (exact) mass is 251 g/mol. The molecule has 84 valence electrons. The fourth-order valence-corrected chi connectivity index (χ4v) is 0.779. The van der Waals surface area contributed by atoms with Gasteiger partial charge in [-0.2, -0.15) is 5.26 Å². The highest BCUT2D eigenvalue weighted by molar-refractivity contribution is 7.80. The Balaban J connectivity index is -0.0000000540. The van der Waals surface area contributed by atoms with E-state index in [9.17, 15) is 0 Å². The molecule has 0 spiro atoms. The van der Waals surface area contributed by atoms with E-state index in [4.69, 9.17) is 5.26 Å². The zero-order valence-corrected chi connectivity index (χ0v) is 8.46. The Morgan fingerprint density at radius 3 is 1.71 bits per heavy atom. The minimum atomic E-state index is 0. The molecule has 0 radical (unpaired) electrons. The van der Waals surface area contributed by atoms with Crippen molar-refractivity contribution in [3.05, 3.63) is 29.8 Å². The summed E-state index contributed by atoms with van der Waals surface area (Å²) in [7, 11) is 0. The molecule has 7 heteroatoms. The maximum atomic E-state index is 8.42. The van der Waals surface area contributed by atoms with E-state index in [1.165, 1.54) is 0 Å². The molecule has 0 atom stereocenters. The first-order chi connectivity index (χ1) is 4.34. The molecule has 0 aromatic heterocycles. The van der Waals surface area contributed by atoms with Crippen LogP contribution in [0.1, 0.15) is 5.56 Å². The van der Waals surface area contributed by atoms with Gasteiger partial charge in [-0.1, -0.05) is 12.1 Å². The maximum Gasteiger partial charge on any atom is 0.100 e. The Morgan fingerprint density at radius 1 is 1.00 bits per heavy atom. The highest BCUT2D eigenvalue weighted by Crippen LogP contribution is 2.10. The van der Waals surface area contributed by atoms with E-state index in [1.54, 1.807) is 12.1 Å². The van der Waals surface area contributed by atoms with Gasteiger partial charge in [0.2, 0.25) is 0 Å². The predicted molar refractivity (Wildman–Crippen MR) is 55.7 cm³/mol. The van der Waals surface area contributed by atoms with Gasteiger partial charge in [0.1, 0.15) is 6.07 Å². The molecule has 1 nitrogen and oxygen atoms in total. The quantitative estimate of drug-likeness (QED) is 0.556. The van der Waals surface area contributed by atoms with Gasteiger partial charge in [0.25, 0.3) is 0 Å². The molecular formula is C7H10ClF4NS. The molecule has 1 rings (SSSR count). The van der Waals surface area contributed by atoms with Crippen molar-refractivity contribution in [3.63, 3.8) is 0 Å². The molecular weight excluding hydrogens is 242 g/mol. The Morgan fingerprint density at radius 2 is 1.43 bits per heavy atom. The second-order valence-electron chi connectivity index (χ2n) is 1.63. The molecule has 0 heterocycles. The Labute approximate surface area is 90.4 Å². The molecule has 0 amide bonds. The average Bonchev–Trinajstić information content (AvgIpc) is 1.89. The van der Waals surface area contributed by atoms with Crippen LogP contribution in [-0.4, -0.2) is 0 Å². The summed E-state index contributed by atoms with van der Waals surface area (Å²) in [4.78, 5) is 0.736. The Hall–Kier alpha value is -0.930. The summed E-state index contributed by atoms with van der Waals surface area (Å²) >= 11 is 4.06. The van der Waals surface area contributed by atoms with E-state index in [-0.39, 0.29) is 31.2 Å². The van der Waals surface area contributed by atoms with Crippen LogP contribution < -0.4 is 0 Å². The third-order valence-electron chi connectivity index (χ3n) is 1.02. The molecule has 0 unspecified atom stereocenters. The van der Waals surface area contributed by atoms with Crippen LogP contribution in [0.25, 0.3) is 0 Å². The molecule has 0 fully saturated rings. The van der Waals surface area contributed by atoms with Gasteiger partial charge in [-0.15, -0.1) is 25.0 Å². The number of halogens is 5. The molecule has 0 saturated heterocycles. The molecule has 1 aromatic carbocycles. The van der Waals surface area contributed by atoms with Crippen molar-refractivity contribution in [2.75, 3.05) is 0 Å². The van der Waals surface area contributed by atoms with E-state index < -0.39 is 0 Å². The lowest BCUT2D eigenvalue weighted by Crippen LogP contribution is -1.73. The van der Waals surface area contributed by atoms with Crippen LogP contribution in [0.4, 0.5) is 18.8 Å². The van der Waals surface area contributed by atoms with Gasteiger partial charge in [0.15, 0.2) is 0 Å². The predicted octanol–water partition coefficient (Wildman–Crippen LogP) is 2.88. The first-order valence-corrected chi connectivity index (χ1v) is 2.97. The minimum Gasteiger partial charge on any atom is -0.269 e. The summed E-state index contributed by atoms with van der Waals surface area (Å²) < 4.78 is 0. The first kappa shape index (κ1) is 29.2. The van der Waals surface area contributed by atoms with Crippen LogP contribution in [0.5, 0.6) is 0 Å². The zero-order valence-electron chi connectivity index (χ0n) is 6.75. The van der Waals surface area contributed by atoms with Gasteiger partial charge in [0, 0.05) is 4.90 Å². The zero-order chi connectivity index (χ0) is 6.69. The van der Waals surface area contributed by atoms with E-state index in [0.29, 0.717) is 5.56 Å². The molecule has 0 aliphatic rings. The highest BCUT2D eigenvalue weighted by atomic mass is 35.5. The fraction of sp³-hybridized carbons (Fsp3) is 0. The van der Waals surface area contributed by atoms with E-state index in [2.05, 4.69) is 12.6 Å². The third-order valence-corrected chi connectivity index (χ3v) is 1.41. The van der Waals surface area contributed by atoms with Gasteiger partial charge in [-0.05, 0) is 12.1 Å². The second-order valence-corrected chi connectivity index (χ2v) is 2.11. The summed E-state index contributed by atoms with van der Waals surface area (Å²) in [5, 5.41) is 8.42. The summed E-state index contributed by atoms with van der Waals surface area (Å²) in [5.74, 6) is 0. The van der Waals surface area contributed by atoms with Crippen molar-refractivity contribution in [3.8, 4) is 6.07 Å². The number of nitriles is 1. The number of hydrogen-bond acceptors (Lipinski definition) is 2. The number of benzene rings is 1. The van der Waals surface area contributed by atoms with Gasteiger partial charge in [-0.3, -0.25) is 18.8 Å². The van der Waals surface area contributed by atoms with Crippen molar-refractivity contribution in [1.29, 1.82) is 5.26 Å². The van der Waals surface area contributed by atoms with Crippen molar-refractivity contribution in [1.82, 2.24) is 0 Å². The second kappa shape index (κ2) is 14.6. The molecule has 0 bridgehead atoms.